The first kappa shape index (κ1) is 23.7. The minimum Gasteiger partial charge on any atom is -0.467 e. The summed E-state index contributed by atoms with van der Waals surface area (Å²) in [4.78, 5) is 37.0. The second-order valence-electron chi connectivity index (χ2n) is 7.23. The average molecular weight is 470 g/mol. The molecule has 0 atom stereocenters. The standard InChI is InChI=1S/C23H23N3O6S/c1-16(27)17-7-5-8-18(13-17)26(33(2,30)31)15-22(28)25-21-11-4-3-10-20(21)23(29)24-14-19-9-6-12-32-19/h3-13H,14-15H2,1-2H3,(H,24,29)(H,25,28). The molecule has 0 unspecified atom stereocenters. The Morgan fingerprint density at radius 2 is 1.76 bits per heavy atom. The van der Waals surface area contributed by atoms with Crippen molar-refractivity contribution >= 4 is 39.0 Å². The first-order chi connectivity index (χ1) is 15.6. The molecule has 2 aromatic carbocycles. The molecule has 2 amide bonds. The largest absolute Gasteiger partial charge is 0.467 e. The van der Waals surface area contributed by atoms with Gasteiger partial charge in [-0.05, 0) is 43.3 Å². The number of rotatable bonds is 9. The zero-order chi connectivity index (χ0) is 24.0. The van der Waals surface area contributed by atoms with E-state index in [9.17, 15) is 22.8 Å². The van der Waals surface area contributed by atoms with E-state index in [1.807, 2.05) is 0 Å². The third-order valence-corrected chi connectivity index (χ3v) is 5.82. The van der Waals surface area contributed by atoms with Crippen LogP contribution in [-0.4, -0.2) is 38.8 Å². The highest BCUT2D eigenvalue weighted by molar-refractivity contribution is 7.92. The van der Waals surface area contributed by atoms with Gasteiger partial charge in [0.2, 0.25) is 15.9 Å². The summed E-state index contributed by atoms with van der Waals surface area (Å²) in [6, 6.07) is 15.8. The number of carbonyl (C=O) groups excluding carboxylic acids is 3. The number of para-hydroxylation sites is 1. The molecule has 0 radical (unpaired) electrons. The van der Waals surface area contributed by atoms with Gasteiger partial charge in [0, 0.05) is 5.56 Å². The lowest BCUT2D eigenvalue weighted by atomic mass is 10.1. The number of nitrogens with zero attached hydrogens (tertiary/aromatic N) is 1. The highest BCUT2D eigenvalue weighted by atomic mass is 32.2. The lowest BCUT2D eigenvalue weighted by molar-refractivity contribution is -0.114. The van der Waals surface area contributed by atoms with Gasteiger partial charge in [0.1, 0.15) is 12.3 Å². The maximum atomic E-state index is 12.8. The summed E-state index contributed by atoms with van der Waals surface area (Å²) >= 11 is 0. The molecule has 9 nitrogen and oxygen atoms in total. The van der Waals surface area contributed by atoms with Gasteiger partial charge in [-0.3, -0.25) is 18.7 Å². The summed E-state index contributed by atoms with van der Waals surface area (Å²) in [6.07, 6.45) is 2.46. The molecule has 3 rings (SSSR count). The third-order valence-electron chi connectivity index (χ3n) is 4.68. The fourth-order valence-electron chi connectivity index (χ4n) is 3.07. The van der Waals surface area contributed by atoms with Crippen molar-refractivity contribution in [1.29, 1.82) is 0 Å². The van der Waals surface area contributed by atoms with E-state index in [4.69, 9.17) is 4.42 Å². The molecule has 33 heavy (non-hydrogen) atoms. The maximum Gasteiger partial charge on any atom is 0.253 e. The molecule has 0 fully saturated rings. The normalized spacial score (nSPS) is 11.0. The highest BCUT2D eigenvalue weighted by Gasteiger charge is 2.22. The van der Waals surface area contributed by atoms with Crippen LogP contribution < -0.4 is 14.9 Å². The third kappa shape index (κ3) is 6.30. The Hall–Kier alpha value is -3.92. The van der Waals surface area contributed by atoms with Crippen molar-refractivity contribution in [1.82, 2.24) is 5.32 Å². The van der Waals surface area contributed by atoms with Gasteiger partial charge in [-0.2, -0.15) is 0 Å². The van der Waals surface area contributed by atoms with Crippen LogP contribution in [0.5, 0.6) is 0 Å². The van der Waals surface area contributed by atoms with E-state index in [0.29, 0.717) is 11.3 Å². The molecule has 0 bridgehead atoms. The summed E-state index contributed by atoms with van der Waals surface area (Å²) < 4.78 is 30.8. The Labute approximate surface area is 191 Å². The monoisotopic (exact) mass is 469 g/mol. The Morgan fingerprint density at radius 3 is 2.42 bits per heavy atom. The van der Waals surface area contributed by atoms with Crippen molar-refractivity contribution in [2.45, 2.75) is 13.5 Å². The minimum absolute atomic E-state index is 0.169. The second kappa shape index (κ2) is 10.1. The molecule has 172 valence electrons. The van der Waals surface area contributed by atoms with Crippen molar-refractivity contribution in [3.8, 4) is 0 Å². The smallest absolute Gasteiger partial charge is 0.253 e. The van der Waals surface area contributed by atoms with E-state index >= 15 is 0 Å². The molecule has 0 saturated heterocycles. The second-order valence-corrected chi connectivity index (χ2v) is 9.14. The molecule has 0 aliphatic heterocycles. The Bertz CT molecular complexity index is 1270. The molecular formula is C23H23N3O6S. The molecule has 10 heteroatoms. The minimum atomic E-state index is -3.84. The van der Waals surface area contributed by atoms with E-state index in [0.717, 1.165) is 10.6 Å². The fraction of sp³-hybridized carbons (Fsp3) is 0.174. The molecule has 0 saturated carbocycles. The van der Waals surface area contributed by atoms with Gasteiger partial charge in [-0.1, -0.05) is 24.3 Å². The van der Waals surface area contributed by atoms with Crippen molar-refractivity contribution in [2.75, 3.05) is 22.4 Å². The maximum absolute atomic E-state index is 12.8. The summed E-state index contributed by atoms with van der Waals surface area (Å²) in [6.45, 7) is 0.996. The van der Waals surface area contributed by atoms with E-state index in [-0.39, 0.29) is 29.3 Å². The average Bonchev–Trinajstić information content (AvgIpc) is 3.29. The summed E-state index contributed by atoms with van der Waals surface area (Å²) in [7, 11) is -3.84. The SMILES string of the molecule is CC(=O)c1cccc(N(CC(=O)Nc2ccccc2C(=O)NCc2ccco2)S(C)(=O)=O)c1. The fourth-order valence-corrected chi connectivity index (χ4v) is 3.91. The molecular weight excluding hydrogens is 446 g/mol. The number of anilines is 2. The number of carbonyl (C=O) groups is 3. The van der Waals surface area contributed by atoms with Crippen LogP contribution in [-0.2, 0) is 21.4 Å². The van der Waals surface area contributed by atoms with Gasteiger partial charge in [-0.25, -0.2) is 8.42 Å². The lowest BCUT2D eigenvalue weighted by Crippen LogP contribution is -2.37. The quantitative estimate of drug-likeness (QED) is 0.464. The van der Waals surface area contributed by atoms with E-state index in [1.165, 1.54) is 31.4 Å². The number of amides is 2. The lowest BCUT2D eigenvalue weighted by Gasteiger charge is -2.22. The number of ketones is 1. The van der Waals surface area contributed by atoms with Gasteiger partial charge in [0.05, 0.1) is 36.0 Å². The Kier molecular flexibility index (Phi) is 7.29. The van der Waals surface area contributed by atoms with Gasteiger partial charge in [-0.15, -0.1) is 0 Å². The summed E-state index contributed by atoms with van der Waals surface area (Å²) in [5.41, 5.74) is 0.942. The van der Waals surface area contributed by atoms with Crippen LogP contribution in [0.25, 0.3) is 0 Å². The molecule has 1 heterocycles. The van der Waals surface area contributed by atoms with Crippen molar-refractivity contribution in [3.05, 3.63) is 83.8 Å². The van der Waals surface area contributed by atoms with Gasteiger partial charge in [0.25, 0.3) is 5.91 Å². The molecule has 0 spiro atoms. The van der Waals surface area contributed by atoms with Crippen LogP contribution in [0, 0.1) is 0 Å². The number of hydrogen-bond donors (Lipinski definition) is 2. The van der Waals surface area contributed by atoms with Crippen LogP contribution in [0.1, 0.15) is 33.4 Å². The number of nitrogens with one attached hydrogen (secondary N) is 2. The number of benzene rings is 2. The first-order valence-corrected chi connectivity index (χ1v) is 11.8. The predicted octanol–water partition coefficient (Wildman–Crippen LogP) is 2.82. The van der Waals surface area contributed by atoms with E-state index in [1.54, 1.807) is 42.5 Å². The summed E-state index contributed by atoms with van der Waals surface area (Å²) in [5.74, 6) is -0.748. The first-order valence-electron chi connectivity index (χ1n) is 9.93. The van der Waals surface area contributed by atoms with Crippen molar-refractivity contribution in [2.24, 2.45) is 0 Å². The summed E-state index contributed by atoms with van der Waals surface area (Å²) in [5, 5.41) is 5.30. The van der Waals surface area contributed by atoms with Crippen LogP contribution in [0.2, 0.25) is 0 Å². The van der Waals surface area contributed by atoms with E-state index in [2.05, 4.69) is 10.6 Å². The van der Waals surface area contributed by atoms with Gasteiger partial charge >= 0.3 is 0 Å². The number of hydrogen-bond acceptors (Lipinski definition) is 6. The zero-order valence-corrected chi connectivity index (χ0v) is 18.9. The Balaban J connectivity index is 1.77. The number of furan rings is 1. The topological polar surface area (TPSA) is 126 Å². The van der Waals surface area contributed by atoms with Crippen LogP contribution in [0.4, 0.5) is 11.4 Å². The van der Waals surface area contributed by atoms with Crippen molar-refractivity contribution in [3.63, 3.8) is 0 Å². The molecule has 3 aromatic rings. The van der Waals surface area contributed by atoms with Crippen LogP contribution >= 0.6 is 0 Å². The van der Waals surface area contributed by atoms with Crippen LogP contribution in [0.3, 0.4) is 0 Å². The molecule has 1 aromatic heterocycles. The predicted molar refractivity (Wildman–Crippen MR) is 124 cm³/mol. The van der Waals surface area contributed by atoms with Gasteiger partial charge in [0.15, 0.2) is 5.78 Å². The Morgan fingerprint density at radius 1 is 1.00 bits per heavy atom. The van der Waals surface area contributed by atoms with Gasteiger partial charge < -0.3 is 15.1 Å². The molecule has 0 aliphatic rings. The number of Topliss-reactive ketones (excluding diaryl/α,β-unsaturated/α-hetero) is 1. The molecule has 2 N–H and O–H groups in total. The van der Waals surface area contributed by atoms with Crippen molar-refractivity contribution < 1.29 is 27.2 Å². The zero-order valence-electron chi connectivity index (χ0n) is 18.1. The van der Waals surface area contributed by atoms with E-state index < -0.39 is 28.4 Å². The molecule has 0 aliphatic carbocycles. The van der Waals surface area contributed by atoms with Crippen LogP contribution in [0.15, 0.2) is 71.3 Å². The number of sulfonamides is 1. The highest BCUT2D eigenvalue weighted by Crippen LogP contribution is 2.21.